The summed E-state index contributed by atoms with van der Waals surface area (Å²) in [6, 6.07) is 6.12. The van der Waals surface area contributed by atoms with Crippen LogP contribution in [0.15, 0.2) is 18.2 Å². The second kappa shape index (κ2) is 6.27. The first-order valence-corrected chi connectivity index (χ1v) is 6.47. The van der Waals surface area contributed by atoms with Gasteiger partial charge in [0.1, 0.15) is 0 Å². The van der Waals surface area contributed by atoms with Gasteiger partial charge >= 0.3 is 0 Å². The Kier molecular flexibility index (Phi) is 5.30. The van der Waals surface area contributed by atoms with Crippen molar-refractivity contribution in [1.82, 2.24) is 0 Å². The van der Waals surface area contributed by atoms with E-state index in [-0.39, 0.29) is 6.04 Å². The molecule has 0 heterocycles. The Bertz CT molecular complexity index is 332. The van der Waals surface area contributed by atoms with Crippen LogP contribution in [0.2, 0.25) is 5.02 Å². The van der Waals surface area contributed by atoms with Gasteiger partial charge in [0.2, 0.25) is 0 Å². The molecule has 2 heteroatoms. The molecule has 0 amide bonds. The smallest absolute Gasteiger partial charge is 0.0408 e. The third-order valence-corrected chi connectivity index (χ3v) is 3.61. The Hall–Kier alpha value is -0.530. The van der Waals surface area contributed by atoms with Crippen LogP contribution in [0.5, 0.6) is 0 Å². The fraction of sp³-hybridized carbons (Fsp3) is 0.571. The highest BCUT2D eigenvalue weighted by Gasteiger charge is 2.13. The molecule has 2 N–H and O–H groups in total. The van der Waals surface area contributed by atoms with Gasteiger partial charge in [-0.15, -0.1) is 0 Å². The van der Waals surface area contributed by atoms with Crippen LogP contribution < -0.4 is 5.73 Å². The Balaban J connectivity index is 2.76. The summed E-state index contributed by atoms with van der Waals surface area (Å²) >= 11 is 5.94. The lowest BCUT2D eigenvalue weighted by Gasteiger charge is -2.20. The molecule has 0 aliphatic rings. The topological polar surface area (TPSA) is 26.0 Å². The minimum absolute atomic E-state index is 0.141. The highest BCUT2D eigenvalue weighted by atomic mass is 35.5. The van der Waals surface area contributed by atoms with Crippen LogP contribution in [0.4, 0.5) is 0 Å². The summed E-state index contributed by atoms with van der Waals surface area (Å²) in [6.07, 6.45) is 3.48. The Labute approximate surface area is 104 Å². The van der Waals surface area contributed by atoms with E-state index in [2.05, 4.69) is 26.8 Å². The average molecular weight is 240 g/mol. The number of benzene rings is 1. The third kappa shape index (κ3) is 3.50. The second-order valence-corrected chi connectivity index (χ2v) is 4.96. The van der Waals surface area contributed by atoms with E-state index in [0.29, 0.717) is 0 Å². The van der Waals surface area contributed by atoms with E-state index in [9.17, 15) is 0 Å². The highest BCUT2D eigenvalue weighted by molar-refractivity contribution is 6.30. The van der Waals surface area contributed by atoms with Crippen molar-refractivity contribution in [2.75, 3.05) is 0 Å². The van der Waals surface area contributed by atoms with E-state index in [1.165, 1.54) is 24.0 Å². The van der Waals surface area contributed by atoms with Crippen molar-refractivity contribution < 1.29 is 0 Å². The summed E-state index contributed by atoms with van der Waals surface area (Å²) in [5, 5.41) is 0.788. The van der Waals surface area contributed by atoms with Crippen LogP contribution in [0.3, 0.4) is 0 Å². The highest BCUT2D eigenvalue weighted by Crippen LogP contribution is 2.26. The molecular formula is C14H22ClN. The molecule has 0 aliphatic carbocycles. The molecule has 1 atom stereocenters. The zero-order valence-corrected chi connectivity index (χ0v) is 11.2. The maximum absolute atomic E-state index is 6.25. The Morgan fingerprint density at radius 1 is 1.25 bits per heavy atom. The van der Waals surface area contributed by atoms with Crippen molar-refractivity contribution in [1.29, 1.82) is 0 Å². The summed E-state index contributed by atoms with van der Waals surface area (Å²) in [5.41, 5.74) is 8.69. The van der Waals surface area contributed by atoms with Crippen molar-refractivity contribution in [2.45, 2.75) is 46.1 Å². The Morgan fingerprint density at radius 3 is 2.38 bits per heavy atom. The zero-order chi connectivity index (χ0) is 12.1. The van der Waals surface area contributed by atoms with Gasteiger partial charge in [-0.1, -0.05) is 44.4 Å². The molecule has 0 radical (unpaired) electrons. The number of aryl methyl sites for hydroxylation is 1. The van der Waals surface area contributed by atoms with Crippen LogP contribution in [0.25, 0.3) is 0 Å². The van der Waals surface area contributed by atoms with E-state index in [1.54, 1.807) is 0 Å². The van der Waals surface area contributed by atoms with E-state index < -0.39 is 0 Å². The van der Waals surface area contributed by atoms with Gasteiger partial charge < -0.3 is 5.73 Å². The normalized spacial score (nSPS) is 13.1. The monoisotopic (exact) mass is 239 g/mol. The van der Waals surface area contributed by atoms with Crippen LogP contribution in [0, 0.1) is 12.8 Å². The average Bonchev–Trinajstić information content (AvgIpc) is 2.25. The van der Waals surface area contributed by atoms with Gasteiger partial charge in [0.15, 0.2) is 0 Å². The SMILES string of the molecule is CCC(CC)CC(N)c1ccc(Cl)cc1C. The first kappa shape index (κ1) is 13.5. The van der Waals surface area contributed by atoms with E-state index in [0.717, 1.165) is 17.4 Å². The lowest BCUT2D eigenvalue weighted by atomic mass is 9.90. The van der Waals surface area contributed by atoms with Crippen molar-refractivity contribution in [3.8, 4) is 0 Å². The first-order chi connectivity index (χ1) is 7.58. The minimum atomic E-state index is 0.141. The number of hydrogen-bond acceptors (Lipinski definition) is 1. The Morgan fingerprint density at radius 2 is 1.88 bits per heavy atom. The molecule has 1 aromatic carbocycles. The van der Waals surface area contributed by atoms with Crippen molar-refractivity contribution in [3.05, 3.63) is 34.3 Å². The van der Waals surface area contributed by atoms with Crippen LogP contribution >= 0.6 is 11.6 Å². The first-order valence-electron chi connectivity index (χ1n) is 6.10. The van der Waals surface area contributed by atoms with Gasteiger partial charge in [-0.2, -0.15) is 0 Å². The maximum Gasteiger partial charge on any atom is 0.0408 e. The van der Waals surface area contributed by atoms with E-state index in [4.69, 9.17) is 17.3 Å². The molecule has 0 saturated carbocycles. The van der Waals surface area contributed by atoms with Crippen molar-refractivity contribution in [2.24, 2.45) is 11.7 Å². The molecule has 0 bridgehead atoms. The van der Waals surface area contributed by atoms with Crippen molar-refractivity contribution >= 4 is 11.6 Å². The number of nitrogens with two attached hydrogens (primary N) is 1. The van der Waals surface area contributed by atoms with Gasteiger partial charge in [-0.3, -0.25) is 0 Å². The van der Waals surface area contributed by atoms with Crippen molar-refractivity contribution in [3.63, 3.8) is 0 Å². The molecule has 1 aromatic rings. The fourth-order valence-corrected chi connectivity index (χ4v) is 2.39. The van der Waals surface area contributed by atoms with Gasteiger partial charge in [-0.05, 0) is 42.5 Å². The predicted molar refractivity (Wildman–Crippen MR) is 71.8 cm³/mol. The summed E-state index contributed by atoms with van der Waals surface area (Å²) in [4.78, 5) is 0. The summed E-state index contributed by atoms with van der Waals surface area (Å²) in [5.74, 6) is 0.727. The summed E-state index contributed by atoms with van der Waals surface area (Å²) in [6.45, 7) is 6.54. The molecule has 0 spiro atoms. The molecule has 0 aliphatic heterocycles. The molecule has 16 heavy (non-hydrogen) atoms. The quantitative estimate of drug-likeness (QED) is 0.806. The van der Waals surface area contributed by atoms with Gasteiger partial charge in [0.05, 0.1) is 0 Å². The maximum atomic E-state index is 6.25. The molecule has 90 valence electrons. The van der Waals surface area contributed by atoms with E-state index >= 15 is 0 Å². The second-order valence-electron chi connectivity index (χ2n) is 4.53. The number of halogens is 1. The molecule has 1 unspecified atom stereocenters. The molecule has 0 fully saturated rings. The fourth-order valence-electron chi connectivity index (χ4n) is 2.16. The minimum Gasteiger partial charge on any atom is -0.324 e. The number of hydrogen-bond donors (Lipinski definition) is 1. The van der Waals surface area contributed by atoms with Gasteiger partial charge in [0.25, 0.3) is 0 Å². The summed E-state index contributed by atoms with van der Waals surface area (Å²) in [7, 11) is 0. The molecule has 0 saturated heterocycles. The third-order valence-electron chi connectivity index (χ3n) is 3.37. The molecule has 1 rings (SSSR count). The van der Waals surface area contributed by atoms with Crippen LogP contribution in [0.1, 0.15) is 50.3 Å². The summed E-state index contributed by atoms with van der Waals surface area (Å²) < 4.78 is 0. The standard InChI is InChI=1S/C14H22ClN/c1-4-11(5-2)9-14(16)13-7-6-12(15)8-10(13)3/h6-8,11,14H,4-5,9,16H2,1-3H3. The largest absolute Gasteiger partial charge is 0.324 e. The lowest BCUT2D eigenvalue weighted by Crippen LogP contribution is -2.16. The predicted octanol–water partition coefficient (Wildman–Crippen LogP) is 4.47. The van der Waals surface area contributed by atoms with Crippen LogP contribution in [-0.2, 0) is 0 Å². The van der Waals surface area contributed by atoms with Gasteiger partial charge in [-0.25, -0.2) is 0 Å². The molecule has 1 nitrogen and oxygen atoms in total. The number of rotatable bonds is 5. The van der Waals surface area contributed by atoms with E-state index in [1.807, 2.05) is 12.1 Å². The molecule has 0 aromatic heterocycles. The van der Waals surface area contributed by atoms with Crippen LogP contribution in [-0.4, -0.2) is 0 Å². The van der Waals surface area contributed by atoms with Gasteiger partial charge in [0, 0.05) is 11.1 Å². The zero-order valence-electron chi connectivity index (χ0n) is 10.5. The molecular weight excluding hydrogens is 218 g/mol. The lowest BCUT2D eigenvalue weighted by molar-refractivity contribution is 0.414.